The third-order valence-electron chi connectivity index (χ3n) is 6.63. The van der Waals surface area contributed by atoms with Gasteiger partial charge < -0.3 is 9.47 Å². The average molecular weight is 473 g/mol. The third-order valence-corrected chi connectivity index (χ3v) is 6.63. The number of ether oxygens (including phenoxy) is 2. The van der Waals surface area contributed by atoms with Gasteiger partial charge in [-0.25, -0.2) is 9.97 Å². The van der Waals surface area contributed by atoms with E-state index >= 15 is 0 Å². The van der Waals surface area contributed by atoms with Crippen LogP contribution in [0.5, 0.6) is 11.6 Å². The van der Waals surface area contributed by atoms with E-state index in [2.05, 4.69) is 16.2 Å². The fourth-order valence-electron chi connectivity index (χ4n) is 4.30. The van der Waals surface area contributed by atoms with Crippen molar-refractivity contribution in [2.75, 3.05) is 18.6 Å². The molecule has 5 rings (SSSR count). The molecule has 180 valence electrons. The predicted molar refractivity (Wildman–Crippen MR) is 129 cm³/mol. The molecule has 1 atom stereocenters. The van der Waals surface area contributed by atoms with E-state index in [0.29, 0.717) is 41.1 Å². The van der Waals surface area contributed by atoms with Crippen molar-refractivity contribution in [2.24, 2.45) is 5.92 Å². The van der Waals surface area contributed by atoms with Gasteiger partial charge in [-0.05, 0) is 64.2 Å². The quantitative estimate of drug-likeness (QED) is 0.501. The highest BCUT2D eigenvalue weighted by Gasteiger charge is 2.39. The summed E-state index contributed by atoms with van der Waals surface area (Å²) in [6.07, 6.45) is 7.44. The van der Waals surface area contributed by atoms with Crippen molar-refractivity contribution in [1.82, 2.24) is 19.7 Å². The van der Waals surface area contributed by atoms with E-state index in [9.17, 15) is 10.1 Å². The summed E-state index contributed by atoms with van der Waals surface area (Å²) in [4.78, 5) is 24.4. The number of pyridine rings is 2. The first-order valence-electron chi connectivity index (χ1n) is 11.7. The van der Waals surface area contributed by atoms with Crippen LogP contribution in [0.15, 0.2) is 30.7 Å². The van der Waals surface area contributed by atoms with Gasteiger partial charge in [0.2, 0.25) is 0 Å². The molecule has 9 heteroatoms. The third kappa shape index (κ3) is 3.99. The zero-order valence-electron chi connectivity index (χ0n) is 20.6. The average Bonchev–Trinajstić information content (AvgIpc) is 3.48. The number of nitriles is 1. The molecule has 0 aromatic carbocycles. The van der Waals surface area contributed by atoms with Crippen LogP contribution in [0.25, 0.3) is 11.3 Å². The molecule has 1 fully saturated rings. The highest BCUT2D eigenvalue weighted by atomic mass is 16.5. The Kier molecular flexibility index (Phi) is 5.47. The summed E-state index contributed by atoms with van der Waals surface area (Å²) in [5.74, 6) is 1.51. The van der Waals surface area contributed by atoms with Crippen molar-refractivity contribution in [3.05, 3.63) is 47.5 Å². The van der Waals surface area contributed by atoms with Gasteiger partial charge in [-0.2, -0.15) is 10.4 Å². The lowest BCUT2D eigenvalue weighted by Crippen LogP contribution is -2.27. The number of aryl methyl sites for hydroxylation is 1. The highest BCUT2D eigenvalue weighted by Crippen LogP contribution is 2.40. The van der Waals surface area contributed by atoms with Crippen molar-refractivity contribution < 1.29 is 14.3 Å². The van der Waals surface area contributed by atoms with Crippen LogP contribution in [0.2, 0.25) is 0 Å². The molecule has 3 aromatic rings. The SMILES string of the molecule is COc1ncc(-c2cc(C)c3c(n2)C(C)N(c2cnn(C(C)(C)C#N)c2)C3=O)cc1OCC1CC1. The van der Waals surface area contributed by atoms with Gasteiger partial charge in [0.15, 0.2) is 5.75 Å². The number of aromatic nitrogens is 4. The molecule has 1 unspecified atom stereocenters. The van der Waals surface area contributed by atoms with Crippen molar-refractivity contribution in [2.45, 2.75) is 52.1 Å². The van der Waals surface area contributed by atoms with Crippen molar-refractivity contribution in [1.29, 1.82) is 5.26 Å². The van der Waals surface area contributed by atoms with Crippen LogP contribution >= 0.6 is 0 Å². The highest BCUT2D eigenvalue weighted by molar-refractivity contribution is 6.11. The van der Waals surface area contributed by atoms with Crippen LogP contribution in [0.1, 0.15) is 61.3 Å². The number of anilines is 1. The number of amides is 1. The monoisotopic (exact) mass is 472 g/mol. The maximum atomic E-state index is 13.4. The van der Waals surface area contributed by atoms with Gasteiger partial charge in [-0.1, -0.05) is 0 Å². The van der Waals surface area contributed by atoms with Gasteiger partial charge in [0.1, 0.15) is 5.54 Å². The largest absolute Gasteiger partial charge is 0.488 e. The van der Waals surface area contributed by atoms with E-state index in [4.69, 9.17) is 14.5 Å². The normalized spacial score (nSPS) is 17.3. The molecule has 35 heavy (non-hydrogen) atoms. The van der Waals surface area contributed by atoms with Crippen molar-refractivity contribution >= 4 is 11.6 Å². The second-order valence-electron chi connectivity index (χ2n) is 9.74. The Balaban J connectivity index is 1.49. The number of hydrogen-bond acceptors (Lipinski definition) is 7. The summed E-state index contributed by atoms with van der Waals surface area (Å²) in [5.41, 5.74) is 3.46. The second kappa shape index (κ2) is 8.38. The summed E-state index contributed by atoms with van der Waals surface area (Å²) in [7, 11) is 1.57. The first kappa shape index (κ1) is 22.8. The maximum Gasteiger partial charge on any atom is 0.261 e. The summed E-state index contributed by atoms with van der Waals surface area (Å²) in [6.45, 7) is 8.06. The Morgan fingerprint density at radius 3 is 2.71 bits per heavy atom. The zero-order chi connectivity index (χ0) is 24.9. The summed E-state index contributed by atoms with van der Waals surface area (Å²) < 4.78 is 12.9. The first-order valence-corrected chi connectivity index (χ1v) is 11.7. The van der Waals surface area contributed by atoms with Crippen molar-refractivity contribution in [3.8, 4) is 29.0 Å². The summed E-state index contributed by atoms with van der Waals surface area (Å²) in [6, 6.07) is 5.74. The van der Waals surface area contributed by atoms with Gasteiger partial charge >= 0.3 is 0 Å². The number of fused-ring (bicyclic) bond motifs is 1. The number of carbonyl (C=O) groups is 1. The molecule has 0 saturated heterocycles. The molecule has 1 amide bonds. The van der Waals surface area contributed by atoms with Crippen LogP contribution in [0.4, 0.5) is 5.69 Å². The molecule has 4 heterocycles. The number of methoxy groups -OCH3 is 1. The van der Waals surface area contributed by atoms with Crippen LogP contribution in [0, 0.1) is 24.2 Å². The van der Waals surface area contributed by atoms with E-state index in [1.54, 1.807) is 49.1 Å². The molecular formula is C26H28N6O3. The molecule has 3 aromatic heterocycles. The second-order valence-corrected chi connectivity index (χ2v) is 9.74. The van der Waals surface area contributed by atoms with Crippen LogP contribution in [0.3, 0.4) is 0 Å². The van der Waals surface area contributed by atoms with E-state index in [0.717, 1.165) is 16.8 Å². The Bertz CT molecular complexity index is 1350. The van der Waals surface area contributed by atoms with Gasteiger partial charge in [0.25, 0.3) is 11.8 Å². The molecule has 0 bridgehead atoms. The molecule has 1 aliphatic carbocycles. The minimum atomic E-state index is -0.820. The number of nitrogens with zero attached hydrogens (tertiary/aromatic N) is 6. The van der Waals surface area contributed by atoms with Gasteiger partial charge in [0, 0.05) is 11.8 Å². The molecule has 0 spiro atoms. The van der Waals surface area contributed by atoms with Crippen molar-refractivity contribution in [3.63, 3.8) is 0 Å². The molecule has 0 N–H and O–H groups in total. The Labute approximate surface area is 204 Å². The van der Waals surface area contributed by atoms with Crippen LogP contribution in [-0.4, -0.2) is 39.4 Å². The summed E-state index contributed by atoms with van der Waals surface area (Å²) >= 11 is 0. The Morgan fingerprint density at radius 1 is 1.26 bits per heavy atom. The lowest BCUT2D eigenvalue weighted by molar-refractivity contribution is 0.0992. The predicted octanol–water partition coefficient (Wildman–Crippen LogP) is 4.43. The molecule has 9 nitrogen and oxygen atoms in total. The van der Waals surface area contributed by atoms with E-state index in [1.807, 2.05) is 26.0 Å². The van der Waals surface area contributed by atoms with Gasteiger partial charge in [-0.15, -0.1) is 0 Å². The summed E-state index contributed by atoms with van der Waals surface area (Å²) in [5, 5.41) is 13.8. The maximum absolute atomic E-state index is 13.4. The van der Waals surface area contributed by atoms with E-state index < -0.39 is 5.54 Å². The molecular weight excluding hydrogens is 444 g/mol. The zero-order valence-corrected chi connectivity index (χ0v) is 20.6. The Hall–Kier alpha value is -3.93. The Morgan fingerprint density at radius 2 is 2.03 bits per heavy atom. The van der Waals surface area contributed by atoms with Crippen LogP contribution < -0.4 is 14.4 Å². The standard InChI is InChI=1S/C26H28N6O3/c1-15-8-20(18-9-21(24(34-5)28-10-18)35-13-17-6-7-17)30-23-16(2)32(25(33)22(15)23)19-11-29-31(12-19)26(3,4)14-27/h8-12,16-17H,6-7,13H2,1-5H3. The number of rotatable bonds is 7. The van der Waals surface area contributed by atoms with E-state index in [1.165, 1.54) is 12.8 Å². The topological polar surface area (TPSA) is 106 Å². The minimum Gasteiger partial charge on any atom is -0.488 e. The molecule has 1 aliphatic heterocycles. The first-order chi connectivity index (χ1) is 16.7. The van der Waals surface area contributed by atoms with Gasteiger partial charge in [-0.3, -0.25) is 14.4 Å². The lowest BCUT2D eigenvalue weighted by atomic mass is 10.0. The van der Waals surface area contributed by atoms with E-state index in [-0.39, 0.29) is 11.9 Å². The number of hydrogen-bond donors (Lipinski definition) is 0. The van der Waals surface area contributed by atoms with Gasteiger partial charge in [0.05, 0.1) is 60.9 Å². The molecule has 1 saturated carbocycles. The minimum absolute atomic E-state index is 0.125. The van der Waals surface area contributed by atoms with Crippen LogP contribution in [-0.2, 0) is 5.54 Å². The fourth-order valence-corrected chi connectivity index (χ4v) is 4.30. The number of carbonyl (C=O) groups excluding carboxylic acids is 1. The smallest absolute Gasteiger partial charge is 0.261 e. The molecule has 0 radical (unpaired) electrons. The fraction of sp³-hybridized carbons (Fsp3) is 0.423. The molecule has 2 aliphatic rings. The lowest BCUT2D eigenvalue weighted by Gasteiger charge is -2.20.